The number of para-hydroxylation sites is 1. The third-order valence-corrected chi connectivity index (χ3v) is 5.13. The van der Waals surface area contributed by atoms with E-state index in [-0.39, 0.29) is 5.91 Å². The van der Waals surface area contributed by atoms with Gasteiger partial charge in [-0.25, -0.2) is 0 Å². The molecule has 1 aliphatic heterocycles. The van der Waals surface area contributed by atoms with E-state index >= 15 is 0 Å². The number of rotatable bonds is 4. The van der Waals surface area contributed by atoms with Crippen molar-refractivity contribution in [2.24, 2.45) is 5.92 Å². The fraction of sp³-hybridized carbons (Fsp3) is 0.455. The molecule has 1 unspecified atom stereocenters. The number of piperidine rings is 1. The predicted octanol–water partition coefficient (Wildman–Crippen LogP) is 5.13. The van der Waals surface area contributed by atoms with Gasteiger partial charge in [0, 0.05) is 25.0 Å². The van der Waals surface area contributed by atoms with Crippen molar-refractivity contribution in [3.63, 3.8) is 0 Å². The third-order valence-electron chi connectivity index (χ3n) is 5.13. The summed E-state index contributed by atoms with van der Waals surface area (Å²) < 4.78 is 0. The zero-order valence-corrected chi connectivity index (χ0v) is 16.2. The van der Waals surface area contributed by atoms with Crippen LogP contribution >= 0.6 is 0 Å². The van der Waals surface area contributed by atoms with Crippen molar-refractivity contribution in [3.8, 4) is 0 Å². The topological polar surface area (TPSA) is 45.2 Å². The number of nitrogens with one attached hydrogen (secondary N) is 1. The van der Waals surface area contributed by atoms with E-state index in [1.807, 2.05) is 11.0 Å². The summed E-state index contributed by atoms with van der Waals surface area (Å²) in [6.07, 6.45) is 5.74. The van der Waals surface area contributed by atoms with Gasteiger partial charge in [-0.15, -0.1) is 0 Å². The molecule has 26 heavy (non-hydrogen) atoms. The first-order valence-electron chi connectivity index (χ1n) is 9.56. The normalized spacial score (nSPS) is 17.4. The van der Waals surface area contributed by atoms with E-state index in [1.165, 1.54) is 17.5 Å². The largest absolute Gasteiger partial charge is 0.354 e. The molecule has 0 saturated carbocycles. The van der Waals surface area contributed by atoms with E-state index in [4.69, 9.17) is 0 Å². The second kappa shape index (κ2) is 7.90. The second-order valence-electron chi connectivity index (χ2n) is 7.78. The Morgan fingerprint density at radius 3 is 2.85 bits per heavy atom. The summed E-state index contributed by atoms with van der Waals surface area (Å²) in [5.74, 6) is 1.08. The molecule has 1 atom stereocenters. The Balaban J connectivity index is 1.83. The number of benzene rings is 1. The molecule has 1 aromatic heterocycles. The molecular weight excluding hydrogens is 322 g/mol. The van der Waals surface area contributed by atoms with Crippen LogP contribution in [-0.2, 0) is 0 Å². The van der Waals surface area contributed by atoms with Crippen LogP contribution in [0, 0.1) is 12.8 Å². The van der Waals surface area contributed by atoms with Crippen molar-refractivity contribution in [1.29, 1.82) is 0 Å². The highest BCUT2D eigenvalue weighted by molar-refractivity contribution is 5.95. The summed E-state index contributed by atoms with van der Waals surface area (Å²) in [7, 11) is 0. The minimum absolute atomic E-state index is 0.0848. The average Bonchev–Trinajstić information content (AvgIpc) is 2.63. The van der Waals surface area contributed by atoms with Gasteiger partial charge in [0.2, 0.25) is 0 Å². The zero-order chi connectivity index (χ0) is 18.7. The third kappa shape index (κ3) is 4.06. The van der Waals surface area contributed by atoms with Crippen LogP contribution in [0.25, 0.3) is 0 Å². The number of hydrogen-bond acceptors (Lipinski definition) is 3. The molecule has 1 amide bonds. The van der Waals surface area contributed by atoms with Gasteiger partial charge in [0.1, 0.15) is 0 Å². The predicted molar refractivity (Wildman–Crippen MR) is 107 cm³/mol. The number of pyridine rings is 1. The molecule has 1 aliphatic rings. The van der Waals surface area contributed by atoms with Crippen LogP contribution in [0.1, 0.15) is 61.0 Å². The van der Waals surface area contributed by atoms with Gasteiger partial charge in [0.05, 0.1) is 17.4 Å². The molecule has 1 N–H and O–H groups in total. The number of nitrogens with zero attached hydrogens (tertiary/aromatic N) is 2. The number of aromatic nitrogens is 1. The maximum atomic E-state index is 12.9. The number of anilines is 2. The van der Waals surface area contributed by atoms with Crippen molar-refractivity contribution >= 4 is 17.3 Å². The van der Waals surface area contributed by atoms with E-state index in [1.54, 1.807) is 12.4 Å². The lowest BCUT2D eigenvalue weighted by molar-refractivity contribution is 0.0682. The van der Waals surface area contributed by atoms with Crippen LogP contribution in [-0.4, -0.2) is 28.9 Å². The summed E-state index contributed by atoms with van der Waals surface area (Å²) in [6.45, 7) is 10.4. The van der Waals surface area contributed by atoms with Gasteiger partial charge >= 0.3 is 0 Å². The van der Waals surface area contributed by atoms with Crippen molar-refractivity contribution in [2.75, 3.05) is 18.4 Å². The lowest BCUT2D eigenvalue weighted by Gasteiger charge is -2.31. The second-order valence-corrected chi connectivity index (χ2v) is 7.78. The fourth-order valence-corrected chi connectivity index (χ4v) is 3.67. The molecule has 138 valence electrons. The monoisotopic (exact) mass is 351 g/mol. The van der Waals surface area contributed by atoms with Crippen LogP contribution in [0.4, 0.5) is 11.4 Å². The molecule has 0 bridgehead atoms. The number of carbonyl (C=O) groups is 1. The van der Waals surface area contributed by atoms with Crippen molar-refractivity contribution in [3.05, 3.63) is 53.3 Å². The zero-order valence-electron chi connectivity index (χ0n) is 16.2. The lowest BCUT2D eigenvalue weighted by Crippen LogP contribution is -2.39. The Labute approximate surface area is 156 Å². The van der Waals surface area contributed by atoms with Gasteiger partial charge < -0.3 is 10.2 Å². The van der Waals surface area contributed by atoms with Gasteiger partial charge in [0.15, 0.2) is 0 Å². The summed E-state index contributed by atoms with van der Waals surface area (Å²) in [6, 6.07) is 8.26. The minimum atomic E-state index is 0.0848. The van der Waals surface area contributed by atoms with Crippen molar-refractivity contribution in [2.45, 2.75) is 46.5 Å². The highest BCUT2D eigenvalue weighted by atomic mass is 16.2. The molecule has 1 saturated heterocycles. The summed E-state index contributed by atoms with van der Waals surface area (Å²) in [4.78, 5) is 19.1. The highest BCUT2D eigenvalue weighted by Gasteiger charge is 2.22. The lowest BCUT2D eigenvalue weighted by atomic mass is 9.98. The first-order valence-corrected chi connectivity index (χ1v) is 9.56. The molecule has 4 heteroatoms. The van der Waals surface area contributed by atoms with Gasteiger partial charge in [-0.1, -0.05) is 39.0 Å². The number of amides is 1. The van der Waals surface area contributed by atoms with Gasteiger partial charge in [-0.2, -0.15) is 0 Å². The Kier molecular flexibility index (Phi) is 5.60. The van der Waals surface area contributed by atoms with Crippen LogP contribution < -0.4 is 5.32 Å². The maximum absolute atomic E-state index is 12.9. The molecule has 0 spiro atoms. The first-order chi connectivity index (χ1) is 12.5. The van der Waals surface area contributed by atoms with Crippen LogP contribution in [0.2, 0.25) is 0 Å². The molecule has 2 heterocycles. The van der Waals surface area contributed by atoms with E-state index in [0.717, 1.165) is 30.9 Å². The molecular formula is C22H29N3O. The summed E-state index contributed by atoms with van der Waals surface area (Å²) >= 11 is 0. The fourth-order valence-electron chi connectivity index (χ4n) is 3.67. The average molecular weight is 351 g/mol. The summed E-state index contributed by atoms with van der Waals surface area (Å²) in [5, 5.41) is 3.50. The first kappa shape index (κ1) is 18.4. The van der Waals surface area contributed by atoms with E-state index in [2.05, 4.69) is 56.2 Å². The Bertz CT molecular complexity index is 785. The molecule has 3 rings (SSSR count). The Morgan fingerprint density at radius 2 is 2.12 bits per heavy atom. The van der Waals surface area contributed by atoms with Crippen LogP contribution in [0.5, 0.6) is 0 Å². The number of hydrogen-bond donors (Lipinski definition) is 1. The van der Waals surface area contributed by atoms with Crippen molar-refractivity contribution < 1.29 is 4.79 Å². The van der Waals surface area contributed by atoms with Gasteiger partial charge in [-0.05, 0) is 48.8 Å². The van der Waals surface area contributed by atoms with Gasteiger partial charge in [0.25, 0.3) is 5.91 Å². The molecule has 1 aromatic carbocycles. The molecule has 4 nitrogen and oxygen atoms in total. The molecule has 0 radical (unpaired) electrons. The quantitative estimate of drug-likeness (QED) is 0.830. The smallest absolute Gasteiger partial charge is 0.255 e. The minimum Gasteiger partial charge on any atom is -0.354 e. The number of likely N-dealkylation sites (tertiary alicyclic amines) is 1. The highest BCUT2D eigenvalue weighted by Crippen LogP contribution is 2.30. The SMILES string of the molecule is Cc1cccc(C(C)C)c1Nc1cncc(C(=O)N2CCCC(C)C2)c1. The number of carbonyl (C=O) groups excluding carboxylic acids is 1. The van der Waals surface area contributed by atoms with Gasteiger partial charge in [-0.3, -0.25) is 9.78 Å². The molecule has 2 aromatic rings. The Hall–Kier alpha value is -2.36. The molecule has 0 aliphatic carbocycles. The van der Waals surface area contributed by atoms with Crippen LogP contribution in [0.3, 0.4) is 0 Å². The van der Waals surface area contributed by atoms with E-state index in [0.29, 0.717) is 17.4 Å². The number of aryl methyl sites for hydroxylation is 1. The Morgan fingerprint density at radius 1 is 1.31 bits per heavy atom. The van der Waals surface area contributed by atoms with Crippen LogP contribution in [0.15, 0.2) is 36.7 Å². The van der Waals surface area contributed by atoms with Crippen molar-refractivity contribution in [1.82, 2.24) is 9.88 Å². The van der Waals surface area contributed by atoms with E-state index < -0.39 is 0 Å². The van der Waals surface area contributed by atoms with E-state index in [9.17, 15) is 4.79 Å². The standard InChI is InChI=1S/C22H29N3O/c1-15(2)20-9-5-8-17(4)21(20)24-19-11-18(12-23-13-19)22(26)25-10-6-7-16(3)14-25/h5,8-9,11-13,15-16,24H,6-7,10,14H2,1-4H3. The summed E-state index contributed by atoms with van der Waals surface area (Å²) in [5.41, 5.74) is 5.09. The molecule has 1 fully saturated rings. The maximum Gasteiger partial charge on any atom is 0.255 e.